The topological polar surface area (TPSA) is 64.9 Å². The molecule has 1 aromatic carbocycles. The third kappa shape index (κ3) is 3.71. The highest BCUT2D eigenvalue weighted by Gasteiger charge is 2.02. The molecule has 0 unspecified atom stereocenters. The summed E-state index contributed by atoms with van der Waals surface area (Å²) in [5, 5.41) is 14.5. The molecule has 84 valence electrons. The molecule has 0 spiro atoms. The number of rotatable bonds is 5. The molecule has 0 aliphatic heterocycles. The molecule has 16 heavy (non-hydrogen) atoms. The first-order chi connectivity index (χ1) is 7.77. The molecule has 4 heteroatoms. The highest BCUT2D eigenvalue weighted by Crippen LogP contribution is 2.06. The maximum absolute atomic E-state index is 11.1. The summed E-state index contributed by atoms with van der Waals surface area (Å²) in [7, 11) is 0. The molecular formula is C12H15N3O. The number of nitriles is 1. The van der Waals surface area contributed by atoms with Crippen LogP contribution in [0, 0.1) is 11.3 Å². The predicted octanol–water partition coefficient (Wildman–Crippen LogP) is 0.784. The van der Waals surface area contributed by atoms with E-state index in [1.54, 1.807) is 6.07 Å². The van der Waals surface area contributed by atoms with Gasteiger partial charge < -0.3 is 10.6 Å². The summed E-state index contributed by atoms with van der Waals surface area (Å²) in [6, 6.07) is 9.47. The summed E-state index contributed by atoms with van der Waals surface area (Å²) in [4.78, 5) is 11.1. The second-order valence-corrected chi connectivity index (χ2v) is 3.33. The smallest absolute Gasteiger partial charge is 0.233 e. The van der Waals surface area contributed by atoms with Crippen molar-refractivity contribution in [2.75, 3.05) is 13.1 Å². The molecule has 1 rings (SSSR count). The van der Waals surface area contributed by atoms with E-state index in [1.807, 2.05) is 25.1 Å². The number of amides is 1. The van der Waals surface area contributed by atoms with Gasteiger partial charge in [0.25, 0.3) is 0 Å². The minimum absolute atomic E-state index is 0.0306. The van der Waals surface area contributed by atoms with E-state index in [0.29, 0.717) is 18.7 Å². The molecule has 0 saturated carbocycles. The van der Waals surface area contributed by atoms with Crippen LogP contribution < -0.4 is 10.6 Å². The molecular weight excluding hydrogens is 202 g/mol. The van der Waals surface area contributed by atoms with E-state index in [9.17, 15) is 4.79 Å². The molecule has 1 aromatic rings. The van der Waals surface area contributed by atoms with E-state index < -0.39 is 0 Å². The van der Waals surface area contributed by atoms with Gasteiger partial charge in [-0.2, -0.15) is 5.26 Å². The number of hydrogen-bond donors (Lipinski definition) is 2. The van der Waals surface area contributed by atoms with Crippen molar-refractivity contribution in [3.63, 3.8) is 0 Å². The van der Waals surface area contributed by atoms with Gasteiger partial charge in [-0.05, 0) is 18.6 Å². The van der Waals surface area contributed by atoms with Gasteiger partial charge >= 0.3 is 0 Å². The van der Waals surface area contributed by atoms with E-state index >= 15 is 0 Å². The van der Waals surface area contributed by atoms with E-state index in [-0.39, 0.29) is 12.5 Å². The summed E-state index contributed by atoms with van der Waals surface area (Å²) in [5.74, 6) is -0.0306. The lowest BCUT2D eigenvalue weighted by Gasteiger charge is -2.06. The molecule has 4 nitrogen and oxygen atoms in total. The van der Waals surface area contributed by atoms with Crippen LogP contribution in [0.5, 0.6) is 0 Å². The van der Waals surface area contributed by atoms with Crippen molar-refractivity contribution in [3.8, 4) is 6.07 Å². The Morgan fingerprint density at radius 2 is 2.19 bits per heavy atom. The standard InChI is InChI=1S/C12H15N3O/c1-2-15-12(16)9-14-8-11-6-4-3-5-10(11)7-13/h3-6,14H,2,8-9H2,1H3,(H,15,16). The van der Waals surface area contributed by atoms with Crippen LogP contribution in [0.25, 0.3) is 0 Å². The number of nitrogens with zero attached hydrogens (tertiary/aromatic N) is 1. The average Bonchev–Trinajstić information content (AvgIpc) is 2.30. The minimum atomic E-state index is -0.0306. The number of hydrogen-bond acceptors (Lipinski definition) is 3. The molecule has 0 atom stereocenters. The Hall–Kier alpha value is -1.86. The summed E-state index contributed by atoms with van der Waals surface area (Å²) >= 11 is 0. The molecule has 0 fully saturated rings. The zero-order valence-electron chi connectivity index (χ0n) is 9.29. The number of benzene rings is 1. The molecule has 0 aliphatic rings. The highest BCUT2D eigenvalue weighted by molar-refractivity contribution is 5.77. The molecule has 0 radical (unpaired) electrons. The fraction of sp³-hybridized carbons (Fsp3) is 0.333. The normalized spacial score (nSPS) is 9.50. The predicted molar refractivity (Wildman–Crippen MR) is 61.5 cm³/mol. The number of likely N-dealkylation sites (N-methyl/N-ethyl adjacent to an activating group) is 1. The van der Waals surface area contributed by atoms with Crippen LogP contribution in [-0.4, -0.2) is 19.0 Å². The van der Waals surface area contributed by atoms with Crippen LogP contribution in [0.4, 0.5) is 0 Å². The Bertz CT molecular complexity index is 395. The first-order valence-corrected chi connectivity index (χ1v) is 5.23. The Labute approximate surface area is 95.3 Å². The van der Waals surface area contributed by atoms with Crippen molar-refractivity contribution in [1.82, 2.24) is 10.6 Å². The van der Waals surface area contributed by atoms with Gasteiger partial charge in [-0.3, -0.25) is 4.79 Å². The quantitative estimate of drug-likeness (QED) is 0.766. The van der Waals surface area contributed by atoms with E-state index in [4.69, 9.17) is 5.26 Å². The first kappa shape index (κ1) is 12.2. The third-order valence-corrected chi connectivity index (χ3v) is 2.11. The fourth-order valence-corrected chi connectivity index (χ4v) is 1.35. The zero-order chi connectivity index (χ0) is 11.8. The van der Waals surface area contributed by atoms with Crippen molar-refractivity contribution >= 4 is 5.91 Å². The molecule has 0 aromatic heterocycles. The van der Waals surface area contributed by atoms with Gasteiger partial charge in [0.15, 0.2) is 0 Å². The van der Waals surface area contributed by atoms with Crippen molar-refractivity contribution in [2.45, 2.75) is 13.5 Å². The van der Waals surface area contributed by atoms with Crippen LogP contribution >= 0.6 is 0 Å². The third-order valence-electron chi connectivity index (χ3n) is 2.11. The molecule has 0 heterocycles. The Morgan fingerprint density at radius 3 is 2.88 bits per heavy atom. The summed E-state index contributed by atoms with van der Waals surface area (Å²) in [6.45, 7) is 3.31. The summed E-state index contributed by atoms with van der Waals surface area (Å²) < 4.78 is 0. The van der Waals surface area contributed by atoms with Gasteiger partial charge in [-0.1, -0.05) is 18.2 Å². The molecule has 0 aliphatic carbocycles. The molecule has 0 saturated heterocycles. The lowest BCUT2D eigenvalue weighted by atomic mass is 10.1. The van der Waals surface area contributed by atoms with Gasteiger partial charge in [-0.15, -0.1) is 0 Å². The van der Waals surface area contributed by atoms with Crippen molar-refractivity contribution in [1.29, 1.82) is 5.26 Å². The number of carbonyl (C=O) groups is 1. The van der Waals surface area contributed by atoms with Gasteiger partial charge in [0.05, 0.1) is 18.2 Å². The maximum Gasteiger partial charge on any atom is 0.233 e. The second kappa shape index (κ2) is 6.59. The SMILES string of the molecule is CCNC(=O)CNCc1ccccc1C#N. The fourth-order valence-electron chi connectivity index (χ4n) is 1.35. The Balaban J connectivity index is 2.43. The van der Waals surface area contributed by atoms with Crippen LogP contribution in [-0.2, 0) is 11.3 Å². The van der Waals surface area contributed by atoms with Crippen molar-refractivity contribution in [3.05, 3.63) is 35.4 Å². The highest BCUT2D eigenvalue weighted by atomic mass is 16.1. The lowest BCUT2D eigenvalue weighted by Crippen LogP contribution is -2.33. The average molecular weight is 217 g/mol. The minimum Gasteiger partial charge on any atom is -0.355 e. The number of carbonyl (C=O) groups excluding carboxylic acids is 1. The molecule has 1 amide bonds. The Morgan fingerprint density at radius 1 is 1.44 bits per heavy atom. The van der Waals surface area contributed by atoms with Gasteiger partial charge in [0.1, 0.15) is 0 Å². The molecule has 0 bridgehead atoms. The van der Waals surface area contributed by atoms with Crippen LogP contribution in [0.1, 0.15) is 18.1 Å². The van der Waals surface area contributed by atoms with E-state index in [0.717, 1.165) is 5.56 Å². The van der Waals surface area contributed by atoms with Gasteiger partial charge in [-0.25, -0.2) is 0 Å². The Kier molecular flexibility index (Phi) is 5.03. The van der Waals surface area contributed by atoms with Crippen molar-refractivity contribution in [2.24, 2.45) is 0 Å². The maximum atomic E-state index is 11.1. The van der Waals surface area contributed by atoms with Gasteiger partial charge in [0.2, 0.25) is 5.91 Å². The number of nitrogens with one attached hydrogen (secondary N) is 2. The second-order valence-electron chi connectivity index (χ2n) is 3.33. The summed E-state index contributed by atoms with van der Waals surface area (Å²) in [6.07, 6.45) is 0. The van der Waals surface area contributed by atoms with Crippen LogP contribution in [0.3, 0.4) is 0 Å². The monoisotopic (exact) mass is 217 g/mol. The van der Waals surface area contributed by atoms with Crippen LogP contribution in [0.15, 0.2) is 24.3 Å². The van der Waals surface area contributed by atoms with E-state index in [2.05, 4.69) is 16.7 Å². The van der Waals surface area contributed by atoms with Crippen LogP contribution in [0.2, 0.25) is 0 Å². The first-order valence-electron chi connectivity index (χ1n) is 5.23. The molecule has 2 N–H and O–H groups in total. The van der Waals surface area contributed by atoms with E-state index in [1.165, 1.54) is 0 Å². The van der Waals surface area contributed by atoms with Crippen molar-refractivity contribution < 1.29 is 4.79 Å². The van der Waals surface area contributed by atoms with Gasteiger partial charge in [0, 0.05) is 13.1 Å². The largest absolute Gasteiger partial charge is 0.355 e. The zero-order valence-corrected chi connectivity index (χ0v) is 9.29. The summed E-state index contributed by atoms with van der Waals surface area (Å²) in [5.41, 5.74) is 1.56. The lowest BCUT2D eigenvalue weighted by molar-refractivity contribution is -0.120.